The van der Waals surface area contributed by atoms with E-state index in [4.69, 9.17) is 5.73 Å². The highest BCUT2D eigenvalue weighted by atomic mass is 16.2. The third kappa shape index (κ3) is 4.58. The Hall–Kier alpha value is -1.52. The van der Waals surface area contributed by atoms with Gasteiger partial charge in [0.2, 0.25) is 0 Å². The molecule has 0 bridgehead atoms. The molecule has 0 fully saturated rings. The van der Waals surface area contributed by atoms with Crippen LogP contribution in [0, 0.1) is 5.41 Å². The van der Waals surface area contributed by atoms with Gasteiger partial charge in [0.1, 0.15) is 0 Å². The van der Waals surface area contributed by atoms with E-state index in [0.717, 1.165) is 6.42 Å². The largest absolute Gasteiger partial charge is 0.396 e. The van der Waals surface area contributed by atoms with E-state index in [2.05, 4.69) is 31.2 Å². The fraction of sp³-hybridized carbons (Fsp3) is 0.714. The van der Waals surface area contributed by atoms with Crippen molar-refractivity contribution in [2.24, 2.45) is 5.41 Å². The van der Waals surface area contributed by atoms with Crippen molar-refractivity contribution in [3.63, 3.8) is 0 Å². The first-order valence-electron chi connectivity index (χ1n) is 6.69. The maximum atomic E-state index is 12.2. The lowest BCUT2D eigenvalue weighted by Gasteiger charge is -2.33. The third-order valence-corrected chi connectivity index (χ3v) is 2.75. The van der Waals surface area contributed by atoms with Crippen LogP contribution in [0.15, 0.2) is 6.20 Å². The number of hydrogen-bond acceptors (Lipinski definition) is 3. The van der Waals surface area contributed by atoms with Crippen LogP contribution in [0.25, 0.3) is 0 Å². The molecule has 0 aliphatic heterocycles. The van der Waals surface area contributed by atoms with Crippen LogP contribution >= 0.6 is 0 Å². The van der Waals surface area contributed by atoms with Gasteiger partial charge in [0.05, 0.1) is 5.69 Å². The lowest BCUT2D eigenvalue weighted by Crippen LogP contribution is -2.46. The number of hydrogen-bond donors (Lipinski definition) is 2. The predicted molar refractivity (Wildman–Crippen MR) is 77.9 cm³/mol. The van der Waals surface area contributed by atoms with Gasteiger partial charge >= 0.3 is 0 Å². The number of nitrogen functional groups attached to an aromatic ring is 1. The summed E-state index contributed by atoms with van der Waals surface area (Å²) in [6.07, 6.45) is 2.56. The predicted octanol–water partition coefficient (Wildman–Crippen LogP) is 2.43. The summed E-state index contributed by atoms with van der Waals surface area (Å²) in [5.41, 5.74) is 6.40. The molecule has 3 N–H and O–H groups in total. The van der Waals surface area contributed by atoms with E-state index in [1.54, 1.807) is 10.9 Å². The molecule has 0 saturated carbocycles. The molecule has 1 rings (SSSR count). The van der Waals surface area contributed by atoms with Crippen LogP contribution in [0.5, 0.6) is 0 Å². The normalized spacial score (nSPS) is 12.5. The number of aryl methyl sites for hydroxylation is 1. The molecule has 0 saturated heterocycles. The molecule has 5 nitrogen and oxygen atoms in total. The van der Waals surface area contributed by atoms with Gasteiger partial charge < -0.3 is 11.1 Å². The molecule has 1 aromatic heterocycles. The van der Waals surface area contributed by atoms with E-state index < -0.39 is 0 Å². The standard InChI is InChI=1S/C14H26N4O/c1-7-18-8-10(15)11(17-18)12(19)16-14(5,6)9-13(2,3)4/h8H,7,9,15H2,1-6H3,(H,16,19). The van der Waals surface area contributed by atoms with E-state index >= 15 is 0 Å². The highest BCUT2D eigenvalue weighted by Crippen LogP contribution is 2.27. The molecule has 1 aromatic rings. The minimum Gasteiger partial charge on any atom is -0.396 e. The number of carbonyl (C=O) groups excluding carboxylic acids is 1. The van der Waals surface area contributed by atoms with Gasteiger partial charge in [-0.3, -0.25) is 9.48 Å². The second-order valence-electron chi connectivity index (χ2n) is 6.86. The monoisotopic (exact) mass is 266 g/mol. The van der Waals surface area contributed by atoms with E-state index in [1.807, 2.05) is 20.8 Å². The van der Waals surface area contributed by atoms with Crippen LogP contribution in [0.1, 0.15) is 58.5 Å². The van der Waals surface area contributed by atoms with Gasteiger partial charge in [0.15, 0.2) is 5.69 Å². The molecule has 0 aliphatic rings. The van der Waals surface area contributed by atoms with E-state index in [0.29, 0.717) is 17.9 Å². The number of nitrogens with two attached hydrogens (primary N) is 1. The zero-order valence-electron chi connectivity index (χ0n) is 12.9. The average Bonchev–Trinajstić information content (AvgIpc) is 2.54. The van der Waals surface area contributed by atoms with E-state index in [9.17, 15) is 4.79 Å². The molecule has 0 radical (unpaired) electrons. The molecule has 1 amide bonds. The number of rotatable bonds is 4. The van der Waals surface area contributed by atoms with Gasteiger partial charge in [0, 0.05) is 18.3 Å². The Morgan fingerprint density at radius 1 is 1.37 bits per heavy atom. The second kappa shape index (κ2) is 5.23. The number of carbonyl (C=O) groups is 1. The summed E-state index contributed by atoms with van der Waals surface area (Å²) in [6.45, 7) is 13.1. The van der Waals surface area contributed by atoms with Crippen LogP contribution in [-0.2, 0) is 6.54 Å². The number of nitrogens with one attached hydrogen (secondary N) is 1. The summed E-state index contributed by atoms with van der Waals surface area (Å²) < 4.78 is 1.67. The lowest BCUT2D eigenvalue weighted by molar-refractivity contribution is 0.0886. The van der Waals surface area contributed by atoms with Crippen LogP contribution in [-0.4, -0.2) is 21.2 Å². The molecule has 0 aromatic carbocycles. The van der Waals surface area contributed by atoms with Crippen molar-refractivity contribution in [3.05, 3.63) is 11.9 Å². The Labute approximate surface area is 115 Å². The maximum absolute atomic E-state index is 12.2. The zero-order chi connectivity index (χ0) is 14.8. The van der Waals surface area contributed by atoms with Crippen molar-refractivity contribution >= 4 is 11.6 Å². The zero-order valence-corrected chi connectivity index (χ0v) is 12.9. The smallest absolute Gasteiger partial charge is 0.274 e. The molecule has 108 valence electrons. The van der Waals surface area contributed by atoms with Gasteiger partial charge in [-0.05, 0) is 32.6 Å². The number of nitrogens with zero attached hydrogens (tertiary/aromatic N) is 2. The van der Waals surface area contributed by atoms with Crippen molar-refractivity contribution in [2.45, 2.75) is 60.0 Å². The van der Waals surface area contributed by atoms with Crippen LogP contribution in [0.3, 0.4) is 0 Å². The summed E-state index contributed by atoms with van der Waals surface area (Å²) >= 11 is 0. The molecule has 0 aliphatic carbocycles. The first-order chi connectivity index (χ1) is 8.54. The SMILES string of the molecule is CCn1cc(N)c(C(=O)NC(C)(C)CC(C)(C)C)n1. The highest BCUT2D eigenvalue weighted by molar-refractivity contribution is 5.97. The average molecular weight is 266 g/mol. The summed E-state index contributed by atoms with van der Waals surface area (Å²) in [6, 6.07) is 0. The fourth-order valence-corrected chi connectivity index (χ4v) is 2.51. The first kappa shape index (κ1) is 15.5. The lowest BCUT2D eigenvalue weighted by atomic mass is 9.82. The van der Waals surface area contributed by atoms with E-state index in [-0.39, 0.29) is 16.9 Å². The molecule has 5 heteroatoms. The van der Waals surface area contributed by atoms with Crippen LogP contribution in [0.4, 0.5) is 5.69 Å². The Morgan fingerprint density at radius 3 is 2.37 bits per heavy atom. The number of amides is 1. The van der Waals surface area contributed by atoms with Crippen molar-refractivity contribution in [3.8, 4) is 0 Å². The number of anilines is 1. The maximum Gasteiger partial charge on any atom is 0.274 e. The van der Waals surface area contributed by atoms with Crippen molar-refractivity contribution < 1.29 is 4.79 Å². The Bertz CT molecular complexity index is 455. The van der Waals surface area contributed by atoms with Gasteiger partial charge in [-0.1, -0.05) is 20.8 Å². The molecule has 0 unspecified atom stereocenters. The Balaban J connectivity index is 2.81. The summed E-state index contributed by atoms with van der Waals surface area (Å²) in [4.78, 5) is 12.2. The van der Waals surface area contributed by atoms with E-state index in [1.165, 1.54) is 0 Å². The fourth-order valence-electron chi connectivity index (χ4n) is 2.51. The van der Waals surface area contributed by atoms with Crippen molar-refractivity contribution in [1.82, 2.24) is 15.1 Å². The molecular formula is C14H26N4O. The third-order valence-electron chi connectivity index (χ3n) is 2.75. The molecular weight excluding hydrogens is 240 g/mol. The van der Waals surface area contributed by atoms with Gasteiger partial charge in [0.25, 0.3) is 5.91 Å². The molecule has 0 atom stereocenters. The van der Waals surface area contributed by atoms with Crippen molar-refractivity contribution in [2.75, 3.05) is 5.73 Å². The van der Waals surface area contributed by atoms with Crippen molar-refractivity contribution in [1.29, 1.82) is 0 Å². The number of aromatic nitrogens is 2. The van der Waals surface area contributed by atoms with Gasteiger partial charge in [-0.25, -0.2) is 0 Å². The van der Waals surface area contributed by atoms with Gasteiger partial charge in [-0.2, -0.15) is 5.10 Å². The summed E-state index contributed by atoms with van der Waals surface area (Å²) in [5.74, 6) is -0.209. The highest BCUT2D eigenvalue weighted by Gasteiger charge is 2.28. The summed E-state index contributed by atoms with van der Waals surface area (Å²) in [7, 11) is 0. The van der Waals surface area contributed by atoms with Crippen LogP contribution in [0.2, 0.25) is 0 Å². The minimum atomic E-state index is -0.294. The van der Waals surface area contributed by atoms with Gasteiger partial charge in [-0.15, -0.1) is 0 Å². The molecule has 1 heterocycles. The first-order valence-corrected chi connectivity index (χ1v) is 6.69. The Kier molecular flexibility index (Phi) is 4.28. The second-order valence-corrected chi connectivity index (χ2v) is 6.86. The Morgan fingerprint density at radius 2 is 1.95 bits per heavy atom. The topological polar surface area (TPSA) is 72.9 Å². The quantitative estimate of drug-likeness (QED) is 0.879. The van der Waals surface area contributed by atoms with Crippen LogP contribution < -0.4 is 11.1 Å². The summed E-state index contributed by atoms with van der Waals surface area (Å²) in [5, 5.41) is 7.20. The minimum absolute atomic E-state index is 0.144. The molecule has 19 heavy (non-hydrogen) atoms. The molecule has 0 spiro atoms.